The molecule has 1 unspecified atom stereocenters. The Morgan fingerprint density at radius 3 is 2.82 bits per heavy atom. The van der Waals surface area contributed by atoms with Gasteiger partial charge in [0.05, 0.1) is 22.4 Å². The van der Waals surface area contributed by atoms with E-state index in [0.29, 0.717) is 0 Å². The van der Waals surface area contributed by atoms with E-state index in [1.165, 1.54) is 0 Å². The number of rotatable bonds is 4. The standard InChI is InChI=1S/C12H18N4S/c1-4-9-5-11(16(3)15-9)10(13)6-12-14-8(2)7-17-12/h5,7,10H,4,6,13H2,1-3H3. The van der Waals surface area contributed by atoms with Gasteiger partial charge in [-0.1, -0.05) is 6.92 Å². The fourth-order valence-electron chi connectivity index (χ4n) is 1.85. The minimum absolute atomic E-state index is 0.0293. The molecule has 0 fully saturated rings. The maximum Gasteiger partial charge on any atom is 0.0947 e. The predicted octanol–water partition coefficient (Wildman–Crippen LogP) is 1.99. The lowest BCUT2D eigenvalue weighted by atomic mass is 10.1. The van der Waals surface area contributed by atoms with Crippen molar-refractivity contribution in [2.45, 2.75) is 32.7 Å². The van der Waals surface area contributed by atoms with E-state index in [-0.39, 0.29) is 6.04 Å². The largest absolute Gasteiger partial charge is 0.322 e. The fraction of sp³-hybridized carbons (Fsp3) is 0.500. The van der Waals surface area contributed by atoms with Crippen molar-refractivity contribution in [3.63, 3.8) is 0 Å². The first-order chi connectivity index (χ1) is 8.10. The summed E-state index contributed by atoms with van der Waals surface area (Å²) in [6, 6.07) is 2.06. The van der Waals surface area contributed by atoms with Gasteiger partial charge < -0.3 is 5.73 Å². The quantitative estimate of drug-likeness (QED) is 0.903. The van der Waals surface area contributed by atoms with Crippen LogP contribution in [0, 0.1) is 6.92 Å². The molecule has 0 amide bonds. The first-order valence-electron chi connectivity index (χ1n) is 5.79. The summed E-state index contributed by atoms with van der Waals surface area (Å²) in [5, 5.41) is 7.57. The van der Waals surface area contributed by atoms with Gasteiger partial charge in [0.1, 0.15) is 0 Å². The lowest BCUT2D eigenvalue weighted by molar-refractivity contribution is 0.612. The molecule has 2 aromatic rings. The summed E-state index contributed by atoms with van der Waals surface area (Å²) in [5.41, 5.74) is 9.45. The highest BCUT2D eigenvalue weighted by atomic mass is 32.1. The van der Waals surface area contributed by atoms with Crippen LogP contribution in [0.3, 0.4) is 0 Å². The average Bonchev–Trinajstić information content (AvgIpc) is 2.85. The maximum atomic E-state index is 6.21. The van der Waals surface area contributed by atoms with Gasteiger partial charge in [-0.3, -0.25) is 4.68 Å². The number of hydrogen-bond donors (Lipinski definition) is 1. The third kappa shape index (κ3) is 2.73. The fourth-order valence-corrected chi connectivity index (χ4v) is 2.68. The molecule has 2 aromatic heterocycles. The van der Waals surface area contributed by atoms with Gasteiger partial charge in [-0.2, -0.15) is 5.10 Å². The normalized spacial score (nSPS) is 12.9. The van der Waals surface area contributed by atoms with E-state index < -0.39 is 0 Å². The van der Waals surface area contributed by atoms with Gasteiger partial charge in [-0.05, 0) is 19.4 Å². The monoisotopic (exact) mass is 250 g/mol. The summed E-state index contributed by atoms with van der Waals surface area (Å²) in [6.07, 6.45) is 1.72. The Bertz CT molecular complexity index is 500. The third-order valence-corrected chi connectivity index (χ3v) is 3.76. The van der Waals surface area contributed by atoms with Gasteiger partial charge in [0, 0.05) is 24.5 Å². The Morgan fingerprint density at radius 2 is 2.29 bits per heavy atom. The van der Waals surface area contributed by atoms with Crippen molar-refractivity contribution in [3.8, 4) is 0 Å². The van der Waals surface area contributed by atoms with E-state index in [9.17, 15) is 0 Å². The Kier molecular flexibility index (Phi) is 3.59. The van der Waals surface area contributed by atoms with Crippen LogP contribution < -0.4 is 5.73 Å². The molecule has 0 saturated heterocycles. The molecule has 5 heteroatoms. The van der Waals surface area contributed by atoms with Crippen molar-refractivity contribution in [1.82, 2.24) is 14.8 Å². The Morgan fingerprint density at radius 1 is 1.53 bits per heavy atom. The second-order valence-corrected chi connectivity index (χ2v) is 5.17. The molecule has 2 N–H and O–H groups in total. The van der Waals surface area contributed by atoms with Gasteiger partial charge >= 0.3 is 0 Å². The van der Waals surface area contributed by atoms with Gasteiger partial charge in [-0.25, -0.2) is 4.98 Å². The van der Waals surface area contributed by atoms with Crippen LogP contribution in [0.2, 0.25) is 0 Å². The third-order valence-electron chi connectivity index (χ3n) is 2.77. The summed E-state index contributed by atoms with van der Waals surface area (Å²) in [5.74, 6) is 0. The molecule has 0 aliphatic carbocycles. The molecular formula is C12H18N4S. The molecule has 0 saturated carbocycles. The highest BCUT2D eigenvalue weighted by molar-refractivity contribution is 7.09. The summed E-state index contributed by atoms with van der Waals surface area (Å²) in [7, 11) is 1.95. The Labute approximate surface area is 105 Å². The molecule has 0 spiro atoms. The first-order valence-corrected chi connectivity index (χ1v) is 6.67. The van der Waals surface area contributed by atoms with E-state index in [1.807, 2.05) is 18.7 Å². The molecule has 17 heavy (non-hydrogen) atoms. The van der Waals surface area contributed by atoms with Gasteiger partial charge in [-0.15, -0.1) is 11.3 Å². The zero-order chi connectivity index (χ0) is 12.4. The van der Waals surface area contributed by atoms with Crippen molar-refractivity contribution < 1.29 is 0 Å². The summed E-state index contributed by atoms with van der Waals surface area (Å²) >= 11 is 1.67. The number of aryl methyl sites for hydroxylation is 3. The highest BCUT2D eigenvalue weighted by Gasteiger charge is 2.14. The molecular weight excluding hydrogens is 232 g/mol. The Hall–Kier alpha value is -1.20. The minimum Gasteiger partial charge on any atom is -0.322 e. The van der Waals surface area contributed by atoms with Crippen LogP contribution in [0.4, 0.5) is 0 Å². The Balaban J connectivity index is 2.13. The molecule has 2 heterocycles. The van der Waals surface area contributed by atoms with Crippen molar-refractivity contribution in [3.05, 3.63) is 33.5 Å². The van der Waals surface area contributed by atoms with Crippen molar-refractivity contribution >= 4 is 11.3 Å². The topological polar surface area (TPSA) is 56.7 Å². The summed E-state index contributed by atoms with van der Waals surface area (Å²) in [4.78, 5) is 4.44. The SMILES string of the molecule is CCc1cc(C(N)Cc2nc(C)cs2)n(C)n1. The molecule has 0 aliphatic heterocycles. The van der Waals surface area contributed by atoms with Gasteiger partial charge in [0.15, 0.2) is 0 Å². The van der Waals surface area contributed by atoms with Crippen LogP contribution in [0.5, 0.6) is 0 Å². The van der Waals surface area contributed by atoms with Crippen LogP contribution in [0.25, 0.3) is 0 Å². The van der Waals surface area contributed by atoms with Crippen molar-refractivity contribution in [1.29, 1.82) is 0 Å². The number of aromatic nitrogens is 3. The molecule has 0 aliphatic rings. The number of nitrogens with zero attached hydrogens (tertiary/aromatic N) is 3. The van der Waals surface area contributed by atoms with Crippen molar-refractivity contribution in [2.75, 3.05) is 0 Å². The van der Waals surface area contributed by atoms with Gasteiger partial charge in [0.25, 0.3) is 0 Å². The maximum absolute atomic E-state index is 6.21. The zero-order valence-electron chi connectivity index (χ0n) is 10.5. The molecule has 0 aromatic carbocycles. The minimum atomic E-state index is -0.0293. The highest BCUT2D eigenvalue weighted by Crippen LogP contribution is 2.19. The van der Waals surface area contributed by atoms with Crippen LogP contribution in [-0.2, 0) is 19.9 Å². The van der Waals surface area contributed by atoms with Crippen LogP contribution >= 0.6 is 11.3 Å². The molecule has 0 bridgehead atoms. The molecule has 1 atom stereocenters. The number of hydrogen-bond acceptors (Lipinski definition) is 4. The molecule has 2 rings (SSSR count). The number of thiazole rings is 1. The van der Waals surface area contributed by atoms with E-state index in [0.717, 1.165) is 34.9 Å². The molecule has 0 radical (unpaired) electrons. The number of nitrogens with two attached hydrogens (primary N) is 1. The van der Waals surface area contributed by atoms with Crippen molar-refractivity contribution in [2.24, 2.45) is 12.8 Å². The van der Waals surface area contributed by atoms with E-state index in [4.69, 9.17) is 5.73 Å². The second kappa shape index (κ2) is 4.98. The van der Waals surface area contributed by atoms with E-state index in [2.05, 4.69) is 28.5 Å². The van der Waals surface area contributed by atoms with Crippen LogP contribution in [0.15, 0.2) is 11.4 Å². The smallest absolute Gasteiger partial charge is 0.0947 e. The molecule has 4 nitrogen and oxygen atoms in total. The average molecular weight is 250 g/mol. The van der Waals surface area contributed by atoms with Crippen LogP contribution in [-0.4, -0.2) is 14.8 Å². The summed E-state index contributed by atoms with van der Waals surface area (Å²) < 4.78 is 1.88. The van der Waals surface area contributed by atoms with E-state index in [1.54, 1.807) is 11.3 Å². The van der Waals surface area contributed by atoms with Crippen LogP contribution in [0.1, 0.15) is 35.1 Å². The second-order valence-electron chi connectivity index (χ2n) is 4.23. The molecule has 92 valence electrons. The first kappa shape index (κ1) is 12.3. The lowest BCUT2D eigenvalue weighted by Crippen LogP contribution is -2.17. The van der Waals surface area contributed by atoms with Gasteiger partial charge in [0.2, 0.25) is 0 Å². The lowest BCUT2D eigenvalue weighted by Gasteiger charge is -2.09. The van der Waals surface area contributed by atoms with E-state index >= 15 is 0 Å². The predicted molar refractivity (Wildman–Crippen MR) is 70.1 cm³/mol. The zero-order valence-corrected chi connectivity index (χ0v) is 11.3. The summed E-state index contributed by atoms with van der Waals surface area (Å²) in [6.45, 7) is 4.10.